The Balaban J connectivity index is 1.65. The van der Waals surface area contributed by atoms with Gasteiger partial charge in [-0.2, -0.15) is 9.61 Å². The van der Waals surface area contributed by atoms with Gasteiger partial charge in [-0.25, -0.2) is 9.78 Å². The molecule has 2 aromatic heterocycles. The molecule has 0 atom stereocenters. The number of aromatic nitrogens is 3. The lowest BCUT2D eigenvalue weighted by molar-refractivity contribution is 0.159. The zero-order valence-electron chi connectivity index (χ0n) is 14.9. The molecule has 7 nitrogen and oxygen atoms in total. The fourth-order valence-electron chi connectivity index (χ4n) is 3.06. The third-order valence-corrected chi connectivity index (χ3v) is 4.66. The highest BCUT2D eigenvalue weighted by Gasteiger charge is 2.21. The van der Waals surface area contributed by atoms with Gasteiger partial charge in [-0.15, -0.1) is 0 Å². The SMILES string of the molecule is Cc1nn2c(NCCN3CCOC3=O)cc(-c3ccccc3)nc2c1C. The number of nitrogens with zero attached hydrogens (tertiary/aromatic N) is 4. The van der Waals surface area contributed by atoms with Crippen LogP contribution in [0.4, 0.5) is 10.6 Å². The molecule has 0 aliphatic carbocycles. The number of benzene rings is 1. The standard InChI is InChI=1S/C19H21N5O2/c1-13-14(2)22-24-17(20-8-9-23-10-11-26-19(23)25)12-16(21-18(13)24)15-6-4-3-5-7-15/h3-7,12,20H,8-11H2,1-2H3. The summed E-state index contributed by atoms with van der Waals surface area (Å²) < 4.78 is 6.80. The van der Waals surface area contributed by atoms with Crippen LogP contribution in [0.2, 0.25) is 0 Å². The van der Waals surface area contributed by atoms with Crippen LogP contribution in [0.5, 0.6) is 0 Å². The predicted molar refractivity (Wildman–Crippen MR) is 99.3 cm³/mol. The first-order valence-electron chi connectivity index (χ1n) is 8.71. The molecule has 0 saturated carbocycles. The lowest BCUT2D eigenvalue weighted by Gasteiger charge is -2.15. The van der Waals surface area contributed by atoms with E-state index in [1.165, 1.54) is 0 Å². The van der Waals surface area contributed by atoms with Crippen LogP contribution in [0.25, 0.3) is 16.9 Å². The Morgan fingerprint density at radius 3 is 2.77 bits per heavy atom. The molecule has 4 rings (SSSR count). The van der Waals surface area contributed by atoms with E-state index in [0.29, 0.717) is 26.2 Å². The number of carbonyl (C=O) groups excluding carboxylic acids is 1. The van der Waals surface area contributed by atoms with Crippen LogP contribution in [0, 0.1) is 13.8 Å². The van der Waals surface area contributed by atoms with Crippen molar-refractivity contribution in [2.24, 2.45) is 0 Å². The monoisotopic (exact) mass is 351 g/mol. The van der Waals surface area contributed by atoms with E-state index in [9.17, 15) is 4.79 Å². The van der Waals surface area contributed by atoms with Gasteiger partial charge >= 0.3 is 6.09 Å². The van der Waals surface area contributed by atoms with Crippen molar-refractivity contribution in [1.82, 2.24) is 19.5 Å². The van der Waals surface area contributed by atoms with E-state index in [1.54, 1.807) is 4.90 Å². The van der Waals surface area contributed by atoms with E-state index in [-0.39, 0.29) is 6.09 Å². The number of anilines is 1. The van der Waals surface area contributed by atoms with Crippen LogP contribution in [0.15, 0.2) is 36.4 Å². The van der Waals surface area contributed by atoms with E-state index < -0.39 is 0 Å². The summed E-state index contributed by atoms with van der Waals surface area (Å²) >= 11 is 0. The fraction of sp³-hybridized carbons (Fsp3) is 0.316. The van der Waals surface area contributed by atoms with Crippen LogP contribution in [-0.2, 0) is 4.74 Å². The number of cyclic esters (lactones) is 1. The topological polar surface area (TPSA) is 71.8 Å². The molecule has 1 aromatic carbocycles. The molecular formula is C19H21N5O2. The number of carbonyl (C=O) groups is 1. The minimum atomic E-state index is -0.248. The van der Waals surface area contributed by atoms with Crippen LogP contribution in [0.1, 0.15) is 11.3 Å². The first-order valence-corrected chi connectivity index (χ1v) is 8.71. The zero-order valence-corrected chi connectivity index (χ0v) is 14.9. The molecule has 1 saturated heterocycles. The second-order valence-corrected chi connectivity index (χ2v) is 6.37. The summed E-state index contributed by atoms with van der Waals surface area (Å²) in [6.45, 7) is 6.32. The number of hydrogen-bond acceptors (Lipinski definition) is 5. The van der Waals surface area contributed by atoms with E-state index in [4.69, 9.17) is 9.72 Å². The third-order valence-electron chi connectivity index (χ3n) is 4.66. The quantitative estimate of drug-likeness (QED) is 0.765. The minimum Gasteiger partial charge on any atom is -0.448 e. The van der Waals surface area contributed by atoms with E-state index in [0.717, 1.165) is 34.0 Å². The Bertz CT molecular complexity index is 951. The second kappa shape index (κ2) is 6.67. The summed E-state index contributed by atoms with van der Waals surface area (Å²) in [4.78, 5) is 18.1. The lowest BCUT2D eigenvalue weighted by Crippen LogP contribution is -2.30. The minimum absolute atomic E-state index is 0.248. The highest BCUT2D eigenvalue weighted by atomic mass is 16.6. The zero-order chi connectivity index (χ0) is 18.1. The Kier molecular flexibility index (Phi) is 4.20. The highest BCUT2D eigenvalue weighted by molar-refractivity contribution is 5.70. The Hall–Kier alpha value is -3.09. The Labute approximate surface area is 151 Å². The molecule has 7 heteroatoms. The van der Waals surface area contributed by atoms with Gasteiger partial charge in [-0.05, 0) is 13.8 Å². The molecule has 0 spiro atoms. The van der Waals surface area contributed by atoms with Gasteiger partial charge in [0.1, 0.15) is 12.4 Å². The molecule has 134 valence electrons. The molecule has 1 aliphatic rings. The highest BCUT2D eigenvalue weighted by Crippen LogP contribution is 2.24. The fourth-order valence-corrected chi connectivity index (χ4v) is 3.06. The first-order chi connectivity index (χ1) is 12.6. The van der Waals surface area contributed by atoms with Crippen molar-refractivity contribution >= 4 is 17.6 Å². The van der Waals surface area contributed by atoms with Gasteiger partial charge in [-0.1, -0.05) is 30.3 Å². The van der Waals surface area contributed by atoms with Crippen LogP contribution < -0.4 is 5.32 Å². The second-order valence-electron chi connectivity index (χ2n) is 6.37. The van der Waals surface area contributed by atoms with Gasteiger partial charge in [0.05, 0.1) is 17.9 Å². The molecule has 3 heterocycles. The number of rotatable bonds is 5. The van der Waals surface area contributed by atoms with Crippen molar-refractivity contribution < 1.29 is 9.53 Å². The average molecular weight is 351 g/mol. The van der Waals surface area contributed by atoms with Gasteiger partial charge in [0.15, 0.2) is 5.65 Å². The van der Waals surface area contributed by atoms with Crippen molar-refractivity contribution in [3.8, 4) is 11.3 Å². The van der Waals surface area contributed by atoms with Gasteiger partial charge in [-0.3, -0.25) is 0 Å². The van der Waals surface area contributed by atoms with Crippen LogP contribution in [0.3, 0.4) is 0 Å². The molecular weight excluding hydrogens is 330 g/mol. The Morgan fingerprint density at radius 2 is 2.04 bits per heavy atom. The molecule has 26 heavy (non-hydrogen) atoms. The average Bonchev–Trinajstić information content (AvgIpc) is 3.19. The largest absolute Gasteiger partial charge is 0.448 e. The summed E-state index contributed by atoms with van der Waals surface area (Å²) in [5, 5.41) is 8.00. The summed E-state index contributed by atoms with van der Waals surface area (Å²) in [6, 6.07) is 12.1. The molecule has 1 amide bonds. The van der Waals surface area contributed by atoms with Crippen molar-refractivity contribution in [3.05, 3.63) is 47.7 Å². The summed E-state index contributed by atoms with van der Waals surface area (Å²) in [6.07, 6.45) is -0.248. The number of ether oxygens (including phenoxy) is 1. The number of hydrogen-bond donors (Lipinski definition) is 1. The summed E-state index contributed by atoms with van der Waals surface area (Å²) in [7, 11) is 0. The molecule has 0 radical (unpaired) electrons. The maximum atomic E-state index is 11.6. The molecule has 0 bridgehead atoms. The van der Waals surface area contributed by atoms with Crippen molar-refractivity contribution in [2.45, 2.75) is 13.8 Å². The number of aryl methyl sites for hydroxylation is 2. The molecule has 1 N–H and O–H groups in total. The summed E-state index contributed by atoms with van der Waals surface area (Å²) in [5.41, 5.74) is 4.80. The molecule has 3 aromatic rings. The van der Waals surface area contributed by atoms with Gasteiger partial charge in [0.2, 0.25) is 0 Å². The third kappa shape index (κ3) is 2.96. The van der Waals surface area contributed by atoms with Crippen molar-refractivity contribution in [3.63, 3.8) is 0 Å². The van der Waals surface area contributed by atoms with E-state index >= 15 is 0 Å². The van der Waals surface area contributed by atoms with Gasteiger partial charge in [0.25, 0.3) is 0 Å². The number of nitrogens with one attached hydrogen (secondary N) is 1. The maximum Gasteiger partial charge on any atom is 0.409 e. The summed E-state index contributed by atoms with van der Waals surface area (Å²) in [5.74, 6) is 0.859. The number of amides is 1. The van der Waals surface area contributed by atoms with E-state index in [1.807, 2.05) is 54.8 Å². The number of fused-ring (bicyclic) bond motifs is 1. The van der Waals surface area contributed by atoms with Crippen molar-refractivity contribution in [2.75, 3.05) is 31.6 Å². The van der Waals surface area contributed by atoms with E-state index in [2.05, 4.69) is 10.4 Å². The molecule has 1 fully saturated rings. The maximum absolute atomic E-state index is 11.6. The molecule has 0 unspecified atom stereocenters. The lowest BCUT2D eigenvalue weighted by atomic mass is 10.1. The van der Waals surface area contributed by atoms with Crippen molar-refractivity contribution in [1.29, 1.82) is 0 Å². The van der Waals surface area contributed by atoms with Crippen LogP contribution in [-0.4, -0.2) is 51.8 Å². The smallest absolute Gasteiger partial charge is 0.409 e. The molecule has 1 aliphatic heterocycles. The Morgan fingerprint density at radius 1 is 1.23 bits per heavy atom. The van der Waals surface area contributed by atoms with Gasteiger partial charge < -0.3 is 15.0 Å². The van der Waals surface area contributed by atoms with Crippen LogP contribution >= 0.6 is 0 Å². The first kappa shape index (κ1) is 16.4. The van der Waals surface area contributed by atoms with Gasteiger partial charge in [0, 0.05) is 30.3 Å². The predicted octanol–water partition coefficient (Wildman–Crippen LogP) is 2.88. The normalized spacial score (nSPS) is 14.1.